The van der Waals surface area contributed by atoms with Crippen LogP contribution in [0.4, 0.5) is 5.69 Å². The molecule has 0 saturated carbocycles. The Kier molecular flexibility index (Phi) is 7.89. The Morgan fingerprint density at radius 2 is 2.04 bits per heavy atom. The average molecular weight is 399 g/mol. The number of halogens is 1. The molecule has 1 unspecified atom stereocenters. The SMILES string of the molecule is CC[NH+]1CCN(C(=O)[C@@H](C)[NH+](C)CC(=O)Nc2cc(Cl)ccc2OC)CC1. The van der Waals surface area contributed by atoms with E-state index in [1.807, 2.05) is 18.9 Å². The van der Waals surface area contributed by atoms with Crippen LogP contribution >= 0.6 is 11.6 Å². The summed E-state index contributed by atoms with van der Waals surface area (Å²) in [7, 11) is 3.40. The van der Waals surface area contributed by atoms with Crippen molar-refractivity contribution in [2.24, 2.45) is 0 Å². The Morgan fingerprint density at radius 1 is 1.37 bits per heavy atom. The van der Waals surface area contributed by atoms with Crippen LogP contribution in [-0.4, -0.2) is 76.2 Å². The maximum Gasteiger partial charge on any atom is 0.280 e. The van der Waals surface area contributed by atoms with Crippen molar-refractivity contribution in [2.45, 2.75) is 19.9 Å². The summed E-state index contributed by atoms with van der Waals surface area (Å²) in [5.41, 5.74) is 0.528. The van der Waals surface area contributed by atoms with Crippen LogP contribution in [0.2, 0.25) is 5.02 Å². The second-order valence-electron chi connectivity index (χ2n) is 7.07. The zero-order valence-corrected chi connectivity index (χ0v) is 17.4. The number of benzene rings is 1. The number of anilines is 1. The topological polar surface area (TPSA) is 67.5 Å². The second-order valence-corrected chi connectivity index (χ2v) is 7.50. The molecule has 1 aliphatic heterocycles. The molecule has 0 spiro atoms. The van der Waals surface area contributed by atoms with Gasteiger partial charge in [0, 0.05) is 5.02 Å². The van der Waals surface area contributed by atoms with E-state index in [9.17, 15) is 9.59 Å². The van der Waals surface area contributed by atoms with Crippen molar-refractivity contribution in [3.05, 3.63) is 23.2 Å². The van der Waals surface area contributed by atoms with Crippen LogP contribution in [0.1, 0.15) is 13.8 Å². The lowest BCUT2D eigenvalue weighted by molar-refractivity contribution is -0.903. The monoisotopic (exact) mass is 398 g/mol. The summed E-state index contributed by atoms with van der Waals surface area (Å²) in [5.74, 6) is 0.467. The van der Waals surface area contributed by atoms with Crippen molar-refractivity contribution in [1.82, 2.24) is 4.90 Å². The van der Waals surface area contributed by atoms with Gasteiger partial charge in [0.1, 0.15) is 5.75 Å². The Labute approximate surface area is 166 Å². The number of rotatable bonds is 7. The zero-order chi connectivity index (χ0) is 20.0. The Hall–Kier alpha value is -1.83. The summed E-state index contributed by atoms with van der Waals surface area (Å²) in [4.78, 5) is 29.5. The number of piperazine rings is 1. The van der Waals surface area contributed by atoms with Crippen molar-refractivity contribution < 1.29 is 24.1 Å². The van der Waals surface area contributed by atoms with E-state index in [1.165, 1.54) is 12.0 Å². The van der Waals surface area contributed by atoms with Crippen molar-refractivity contribution >= 4 is 29.1 Å². The minimum atomic E-state index is -0.278. The molecule has 8 heteroatoms. The molecule has 150 valence electrons. The minimum absolute atomic E-state index is 0.107. The van der Waals surface area contributed by atoms with Crippen LogP contribution in [0.5, 0.6) is 5.75 Å². The Bertz CT molecular complexity index is 662. The van der Waals surface area contributed by atoms with E-state index in [0.717, 1.165) is 37.6 Å². The lowest BCUT2D eigenvalue weighted by Gasteiger charge is -2.33. The van der Waals surface area contributed by atoms with Gasteiger partial charge < -0.3 is 24.8 Å². The van der Waals surface area contributed by atoms with E-state index in [2.05, 4.69) is 12.2 Å². The van der Waals surface area contributed by atoms with Crippen molar-refractivity contribution in [3.8, 4) is 5.75 Å². The Morgan fingerprint density at radius 3 is 2.63 bits per heavy atom. The van der Waals surface area contributed by atoms with Crippen LogP contribution in [0.15, 0.2) is 18.2 Å². The first-order chi connectivity index (χ1) is 12.8. The summed E-state index contributed by atoms with van der Waals surface area (Å²) in [5, 5.41) is 3.34. The maximum absolute atomic E-state index is 12.7. The first kappa shape index (κ1) is 21.5. The molecule has 1 saturated heterocycles. The predicted octanol–water partition coefficient (Wildman–Crippen LogP) is -1.06. The normalized spacial score (nSPS) is 17.3. The minimum Gasteiger partial charge on any atom is -0.495 e. The van der Waals surface area contributed by atoms with Crippen LogP contribution in [-0.2, 0) is 9.59 Å². The van der Waals surface area contributed by atoms with E-state index >= 15 is 0 Å². The Balaban J connectivity index is 1.90. The molecule has 1 aromatic carbocycles. The van der Waals surface area contributed by atoms with Crippen LogP contribution in [0, 0.1) is 0 Å². The van der Waals surface area contributed by atoms with Gasteiger partial charge in [-0.25, -0.2) is 0 Å². The highest BCUT2D eigenvalue weighted by atomic mass is 35.5. The molecule has 7 nitrogen and oxygen atoms in total. The molecule has 2 amide bonds. The zero-order valence-electron chi connectivity index (χ0n) is 16.6. The standard InChI is InChI=1S/C19H29ClN4O3/c1-5-23-8-10-24(11-9-23)19(26)14(2)22(3)13-18(25)21-16-12-15(20)6-7-17(16)27-4/h6-7,12,14H,5,8-11,13H2,1-4H3,(H,21,25)/p+2/t14-/m1/s1. The van der Waals surface area contributed by atoms with Gasteiger partial charge in [-0.1, -0.05) is 11.6 Å². The second kappa shape index (κ2) is 9.92. The number of hydrogen-bond donors (Lipinski definition) is 3. The number of carbonyl (C=O) groups excluding carboxylic acids is 2. The molecular weight excluding hydrogens is 368 g/mol. The number of quaternary nitrogens is 2. The van der Waals surface area contributed by atoms with E-state index < -0.39 is 0 Å². The highest BCUT2D eigenvalue weighted by Crippen LogP contribution is 2.27. The molecular formula is C19H31ClN4O3+2. The number of nitrogens with zero attached hydrogens (tertiary/aromatic N) is 1. The molecule has 1 aromatic rings. The number of likely N-dealkylation sites (N-methyl/N-ethyl adjacent to an activating group) is 2. The quantitative estimate of drug-likeness (QED) is 0.548. The third-order valence-electron chi connectivity index (χ3n) is 5.27. The molecule has 0 radical (unpaired) electrons. The smallest absolute Gasteiger partial charge is 0.280 e. The van der Waals surface area contributed by atoms with Gasteiger partial charge in [-0.05, 0) is 32.0 Å². The number of nitrogens with one attached hydrogen (secondary N) is 3. The van der Waals surface area contributed by atoms with Gasteiger partial charge in [0.25, 0.3) is 11.8 Å². The van der Waals surface area contributed by atoms with E-state index in [0.29, 0.717) is 16.5 Å². The molecule has 2 atom stereocenters. The van der Waals surface area contributed by atoms with Gasteiger partial charge in [0.2, 0.25) is 0 Å². The van der Waals surface area contributed by atoms with Crippen LogP contribution in [0.25, 0.3) is 0 Å². The molecule has 2 rings (SSSR count). The summed E-state index contributed by atoms with van der Waals surface area (Å²) in [6, 6.07) is 4.78. The molecule has 0 bridgehead atoms. The van der Waals surface area contributed by atoms with Gasteiger partial charge in [0.05, 0.1) is 52.6 Å². The van der Waals surface area contributed by atoms with Gasteiger partial charge >= 0.3 is 0 Å². The average Bonchev–Trinajstić information content (AvgIpc) is 2.67. The third-order valence-corrected chi connectivity index (χ3v) is 5.50. The van der Waals surface area contributed by atoms with Gasteiger partial charge in [-0.15, -0.1) is 0 Å². The van der Waals surface area contributed by atoms with Crippen molar-refractivity contribution in [3.63, 3.8) is 0 Å². The van der Waals surface area contributed by atoms with Crippen molar-refractivity contribution in [1.29, 1.82) is 0 Å². The number of carbonyl (C=O) groups is 2. The van der Waals surface area contributed by atoms with Gasteiger partial charge in [-0.3, -0.25) is 9.59 Å². The molecule has 0 aromatic heterocycles. The number of amides is 2. The highest BCUT2D eigenvalue weighted by molar-refractivity contribution is 6.31. The fraction of sp³-hybridized carbons (Fsp3) is 0.579. The first-order valence-corrected chi connectivity index (χ1v) is 9.81. The fourth-order valence-electron chi connectivity index (χ4n) is 3.26. The fourth-order valence-corrected chi connectivity index (χ4v) is 3.43. The predicted molar refractivity (Wildman–Crippen MR) is 106 cm³/mol. The lowest BCUT2D eigenvalue weighted by atomic mass is 10.2. The summed E-state index contributed by atoms with van der Waals surface area (Å²) in [6.07, 6.45) is 0. The third kappa shape index (κ3) is 5.82. The van der Waals surface area contributed by atoms with Gasteiger partial charge in [-0.2, -0.15) is 0 Å². The highest BCUT2D eigenvalue weighted by Gasteiger charge is 2.31. The van der Waals surface area contributed by atoms with E-state index in [4.69, 9.17) is 16.3 Å². The van der Waals surface area contributed by atoms with Gasteiger partial charge in [0.15, 0.2) is 12.6 Å². The van der Waals surface area contributed by atoms with E-state index in [1.54, 1.807) is 18.2 Å². The number of methoxy groups -OCH3 is 1. The molecule has 1 aliphatic rings. The number of ether oxygens (including phenoxy) is 1. The molecule has 27 heavy (non-hydrogen) atoms. The molecule has 0 aliphatic carbocycles. The maximum atomic E-state index is 12.7. The molecule has 1 fully saturated rings. The molecule has 3 N–H and O–H groups in total. The summed E-state index contributed by atoms with van der Waals surface area (Å²) < 4.78 is 5.25. The van der Waals surface area contributed by atoms with Crippen LogP contribution in [0.3, 0.4) is 0 Å². The number of hydrogen-bond acceptors (Lipinski definition) is 3. The van der Waals surface area contributed by atoms with Crippen LogP contribution < -0.4 is 19.9 Å². The van der Waals surface area contributed by atoms with E-state index in [-0.39, 0.29) is 24.4 Å². The molecule has 1 heterocycles. The lowest BCUT2D eigenvalue weighted by Crippen LogP contribution is -3.16. The summed E-state index contributed by atoms with van der Waals surface area (Å²) in [6.45, 7) is 8.87. The first-order valence-electron chi connectivity index (χ1n) is 9.43. The largest absolute Gasteiger partial charge is 0.495 e. The summed E-state index contributed by atoms with van der Waals surface area (Å²) >= 11 is 6.00. The van der Waals surface area contributed by atoms with Crippen molar-refractivity contribution in [2.75, 3.05) is 58.7 Å².